The topological polar surface area (TPSA) is 12.0 Å². The molecule has 1 aliphatic rings. The summed E-state index contributed by atoms with van der Waals surface area (Å²) in [6, 6.07) is 6.46. The summed E-state index contributed by atoms with van der Waals surface area (Å²) in [6.07, 6.45) is 0. The minimum atomic E-state index is 0.940. The standard InChI is InChI=1S/C10H11N/c1-7-3-4-10-8(2)11-6-9(10)5-7/h3-5,11H,2,6H2,1H3. The summed E-state index contributed by atoms with van der Waals surface area (Å²) in [5.74, 6) is 0. The number of hydrogen-bond acceptors (Lipinski definition) is 1. The third-order valence-corrected chi connectivity index (χ3v) is 2.08. The van der Waals surface area contributed by atoms with Crippen molar-refractivity contribution in [3.05, 3.63) is 41.5 Å². The van der Waals surface area contributed by atoms with Gasteiger partial charge in [0.2, 0.25) is 0 Å². The van der Waals surface area contributed by atoms with Gasteiger partial charge < -0.3 is 5.32 Å². The molecule has 2 rings (SSSR count). The molecule has 1 aromatic rings. The van der Waals surface area contributed by atoms with Crippen LogP contribution in [0.3, 0.4) is 0 Å². The number of fused-ring (bicyclic) bond motifs is 1. The lowest BCUT2D eigenvalue weighted by atomic mass is 10.1. The van der Waals surface area contributed by atoms with E-state index in [0.717, 1.165) is 12.2 Å². The van der Waals surface area contributed by atoms with Crippen molar-refractivity contribution >= 4 is 5.70 Å². The summed E-state index contributed by atoms with van der Waals surface area (Å²) in [4.78, 5) is 0. The molecule has 1 heteroatoms. The van der Waals surface area contributed by atoms with E-state index in [9.17, 15) is 0 Å². The van der Waals surface area contributed by atoms with Crippen LogP contribution in [-0.4, -0.2) is 0 Å². The van der Waals surface area contributed by atoms with Crippen molar-refractivity contribution in [1.29, 1.82) is 0 Å². The number of hydrogen-bond donors (Lipinski definition) is 1. The van der Waals surface area contributed by atoms with Gasteiger partial charge in [-0.25, -0.2) is 0 Å². The molecule has 0 unspecified atom stereocenters. The molecule has 1 nitrogen and oxygen atoms in total. The second kappa shape index (κ2) is 2.12. The normalized spacial score (nSPS) is 14.5. The maximum atomic E-state index is 3.91. The Morgan fingerprint density at radius 1 is 1.45 bits per heavy atom. The smallest absolute Gasteiger partial charge is 0.0407 e. The average molecular weight is 145 g/mol. The van der Waals surface area contributed by atoms with Crippen LogP contribution in [0.4, 0.5) is 0 Å². The van der Waals surface area contributed by atoms with Crippen molar-refractivity contribution in [3.8, 4) is 0 Å². The van der Waals surface area contributed by atoms with E-state index in [1.165, 1.54) is 16.7 Å². The van der Waals surface area contributed by atoms with Crippen molar-refractivity contribution in [2.45, 2.75) is 13.5 Å². The van der Waals surface area contributed by atoms with E-state index in [0.29, 0.717) is 0 Å². The Morgan fingerprint density at radius 3 is 3.09 bits per heavy atom. The highest BCUT2D eigenvalue weighted by atomic mass is 14.9. The van der Waals surface area contributed by atoms with Crippen LogP contribution in [0.1, 0.15) is 16.7 Å². The Labute approximate surface area is 66.7 Å². The van der Waals surface area contributed by atoms with Gasteiger partial charge in [-0.15, -0.1) is 0 Å². The highest BCUT2D eigenvalue weighted by molar-refractivity contribution is 5.68. The highest BCUT2D eigenvalue weighted by Crippen LogP contribution is 2.23. The first kappa shape index (κ1) is 6.47. The molecule has 0 fully saturated rings. The molecule has 0 bridgehead atoms. The predicted molar refractivity (Wildman–Crippen MR) is 47.1 cm³/mol. The van der Waals surface area contributed by atoms with E-state index in [2.05, 4.69) is 37.0 Å². The van der Waals surface area contributed by atoms with Crippen molar-refractivity contribution in [2.75, 3.05) is 0 Å². The Morgan fingerprint density at radius 2 is 2.27 bits per heavy atom. The van der Waals surface area contributed by atoms with Crippen LogP contribution in [0, 0.1) is 6.92 Å². The molecule has 11 heavy (non-hydrogen) atoms. The molecule has 1 aliphatic heterocycles. The average Bonchev–Trinajstić information content (AvgIpc) is 2.32. The van der Waals surface area contributed by atoms with Crippen molar-refractivity contribution in [1.82, 2.24) is 5.32 Å². The molecule has 0 radical (unpaired) electrons. The zero-order valence-electron chi connectivity index (χ0n) is 6.65. The van der Waals surface area contributed by atoms with Crippen molar-refractivity contribution < 1.29 is 0 Å². The number of nitrogens with one attached hydrogen (secondary N) is 1. The lowest BCUT2D eigenvalue weighted by Gasteiger charge is -1.97. The second-order valence-electron chi connectivity index (χ2n) is 2.99. The Bertz CT molecular complexity index is 313. The summed E-state index contributed by atoms with van der Waals surface area (Å²) < 4.78 is 0. The minimum Gasteiger partial charge on any atom is -0.381 e. The minimum absolute atomic E-state index is 0.940. The lowest BCUT2D eigenvalue weighted by Crippen LogP contribution is -1.98. The van der Waals surface area contributed by atoms with E-state index in [1.54, 1.807) is 0 Å². The van der Waals surface area contributed by atoms with E-state index in [4.69, 9.17) is 0 Å². The zero-order valence-corrected chi connectivity index (χ0v) is 6.65. The first-order valence-electron chi connectivity index (χ1n) is 3.80. The number of benzene rings is 1. The summed E-state index contributed by atoms with van der Waals surface area (Å²) in [6.45, 7) is 6.97. The molecule has 56 valence electrons. The van der Waals surface area contributed by atoms with Gasteiger partial charge in [0.25, 0.3) is 0 Å². The third-order valence-electron chi connectivity index (χ3n) is 2.08. The fraction of sp³-hybridized carbons (Fsp3) is 0.200. The van der Waals surface area contributed by atoms with E-state index >= 15 is 0 Å². The molecular weight excluding hydrogens is 134 g/mol. The summed E-state index contributed by atoms with van der Waals surface area (Å²) >= 11 is 0. The number of aryl methyl sites for hydroxylation is 1. The number of rotatable bonds is 0. The van der Waals surface area contributed by atoms with Crippen LogP contribution in [0.25, 0.3) is 5.70 Å². The molecule has 0 aromatic heterocycles. The van der Waals surface area contributed by atoms with E-state index in [1.807, 2.05) is 0 Å². The SMILES string of the molecule is C=C1NCc2cc(C)ccc21. The van der Waals surface area contributed by atoms with Gasteiger partial charge in [0.1, 0.15) is 0 Å². The Hall–Kier alpha value is -1.24. The van der Waals surface area contributed by atoms with Crippen LogP contribution in [0.5, 0.6) is 0 Å². The summed E-state index contributed by atoms with van der Waals surface area (Å²) in [5, 5.41) is 3.22. The molecule has 0 saturated carbocycles. The van der Waals surface area contributed by atoms with Gasteiger partial charge in [0, 0.05) is 17.8 Å². The molecule has 1 heterocycles. The Kier molecular flexibility index (Phi) is 1.25. The summed E-state index contributed by atoms with van der Waals surface area (Å²) in [7, 11) is 0. The Balaban J connectivity index is 2.59. The maximum Gasteiger partial charge on any atom is 0.0407 e. The monoisotopic (exact) mass is 145 g/mol. The van der Waals surface area contributed by atoms with Crippen LogP contribution < -0.4 is 5.32 Å². The van der Waals surface area contributed by atoms with E-state index in [-0.39, 0.29) is 0 Å². The van der Waals surface area contributed by atoms with Gasteiger partial charge >= 0.3 is 0 Å². The van der Waals surface area contributed by atoms with E-state index < -0.39 is 0 Å². The highest BCUT2D eigenvalue weighted by Gasteiger charge is 2.12. The molecule has 0 amide bonds. The van der Waals surface area contributed by atoms with Crippen LogP contribution in [0.15, 0.2) is 24.8 Å². The zero-order chi connectivity index (χ0) is 7.84. The predicted octanol–water partition coefficient (Wildman–Crippen LogP) is 2.07. The van der Waals surface area contributed by atoms with Gasteiger partial charge in [0.05, 0.1) is 0 Å². The second-order valence-corrected chi connectivity index (χ2v) is 2.99. The largest absolute Gasteiger partial charge is 0.381 e. The fourth-order valence-electron chi connectivity index (χ4n) is 1.46. The first-order valence-corrected chi connectivity index (χ1v) is 3.80. The van der Waals surface area contributed by atoms with Crippen LogP contribution in [-0.2, 0) is 6.54 Å². The third kappa shape index (κ3) is 0.929. The van der Waals surface area contributed by atoms with Crippen LogP contribution >= 0.6 is 0 Å². The molecule has 1 aromatic carbocycles. The van der Waals surface area contributed by atoms with Crippen LogP contribution in [0.2, 0.25) is 0 Å². The van der Waals surface area contributed by atoms with Crippen molar-refractivity contribution in [2.24, 2.45) is 0 Å². The molecule has 0 atom stereocenters. The lowest BCUT2D eigenvalue weighted by molar-refractivity contribution is 0.945. The molecule has 0 saturated heterocycles. The van der Waals surface area contributed by atoms with Gasteiger partial charge in [0.15, 0.2) is 0 Å². The fourth-order valence-corrected chi connectivity index (χ4v) is 1.46. The van der Waals surface area contributed by atoms with Crippen molar-refractivity contribution in [3.63, 3.8) is 0 Å². The molecule has 1 N–H and O–H groups in total. The van der Waals surface area contributed by atoms with Gasteiger partial charge in [-0.05, 0) is 12.5 Å². The molecule has 0 aliphatic carbocycles. The van der Waals surface area contributed by atoms with Gasteiger partial charge in [-0.2, -0.15) is 0 Å². The quantitative estimate of drug-likeness (QED) is 0.589. The summed E-state index contributed by atoms with van der Waals surface area (Å²) in [5.41, 5.74) is 5.02. The van der Waals surface area contributed by atoms with Gasteiger partial charge in [-0.3, -0.25) is 0 Å². The maximum absolute atomic E-state index is 3.91. The molecular formula is C10H11N. The molecule has 0 spiro atoms. The first-order chi connectivity index (χ1) is 5.27. The van der Waals surface area contributed by atoms with Gasteiger partial charge in [-0.1, -0.05) is 30.3 Å².